The molecule has 1 aliphatic heterocycles. The number of sulfonamides is 1. The SMILES string of the molecule is CNC(C)C1CCN(S(=O)(=O)c2ccc(C)cc2C)CC1. The molecule has 1 aliphatic rings. The summed E-state index contributed by atoms with van der Waals surface area (Å²) in [5.41, 5.74) is 1.92. The summed E-state index contributed by atoms with van der Waals surface area (Å²) < 4.78 is 27.2. The Morgan fingerprint density at radius 3 is 2.38 bits per heavy atom. The highest BCUT2D eigenvalue weighted by Gasteiger charge is 2.31. The summed E-state index contributed by atoms with van der Waals surface area (Å²) in [4.78, 5) is 0.452. The molecule has 0 aliphatic carbocycles. The lowest BCUT2D eigenvalue weighted by molar-refractivity contribution is 0.236. The minimum Gasteiger partial charge on any atom is -0.317 e. The third kappa shape index (κ3) is 3.47. The summed E-state index contributed by atoms with van der Waals surface area (Å²) in [6, 6.07) is 5.98. The smallest absolute Gasteiger partial charge is 0.243 e. The van der Waals surface area contributed by atoms with Crippen LogP contribution in [0, 0.1) is 19.8 Å². The molecular weight excluding hydrogens is 284 g/mol. The summed E-state index contributed by atoms with van der Waals surface area (Å²) in [5, 5.41) is 3.27. The van der Waals surface area contributed by atoms with E-state index in [0.29, 0.717) is 29.9 Å². The number of nitrogens with one attached hydrogen (secondary N) is 1. The summed E-state index contributed by atoms with van der Waals surface area (Å²) in [6.07, 6.45) is 1.85. The van der Waals surface area contributed by atoms with E-state index in [0.717, 1.165) is 24.0 Å². The Bertz CT molecular complexity index is 590. The van der Waals surface area contributed by atoms with Crippen LogP contribution in [0.4, 0.5) is 0 Å². The largest absolute Gasteiger partial charge is 0.317 e. The van der Waals surface area contributed by atoms with E-state index in [1.165, 1.54) is 0 Å². The first kappa shape index (κ1) is 16.5. The van der Waals surface area contributed by atoms with E-state index < -0.39 is 10.0 Å². The van der Waals surface area contributed by atoms with Crippen LogP contribution in [0.25, 0.3) is 0 Å². The molecule has 0 amide bonds. The molecular formula is C16H26N2O2S. The van der Waals surface area contributed by atoms with Gasteiger partial charge >= 0.3 is 0 Å². The fraction of sp³-hybridized carbons (Fsp3) is 0.625. The van der Waals surface area contributed by atoms with Gasteiger partial charge in [0.1, 0.15) is 0 Å². The minimum absolute atomic E-state index is 0.441. The summed E-state index contributed by atoms with van der Waals surface area (Å²) in [5.74, 6) is 0.556. The molecule has 118 valence electrons. The van der Waals surface area contributed by atoms with Crippen LogP contribution in [-0.4, -0.2) is 38.9 Å². The van der Waals surface area contributed by atoms with Crippen LogP contribution in [-0.2, 0) is 10.0 Å². The Labute approximate surface area is 128 Å². The number of benzene rings is 1. The van der Waals surface area contributed by atoms with Gasteiger partial charge in [-0.15, -0.1) is 0 Å². The lowest BCUT2D eigenvalue weighted by Crippen LogP contribution is -2.43. The molecule has 0 aromatic heterocycles. The highest BCUT2D eigenvalue weighted by molar-refractivity contribution is 7.89. The van der Waals surface area contributed by atoms with Crippen molar-refractivity contribution in [1.29, 1.82) is 0 Å². The van der Waals surface area contributed by atoms with Gasteiger partial charge in [-0.1, -0.05) is 17.7 Å². The summed E-state index contributed by atoms with van der Waals surface area (Å²) in [6.45, 7) is 7.25. The van der Waals surface area contributed by atoms with Gasteiger partial charge in [0.15, 0.2) is 0 Å². The van der Waals surface area contributed by atoms with Gasteiger partial charge in [0, 0.05) is 19.1 Å². The van der Waals surface area contributed by atoms with Crippen molar-refractivity contribution in [3.05, 3.63) is 29.3 Å². The van der Waals surface area contributed by atoms with Crippen molar-refractivity contribution in [2.45, 2.75) is 44.6 Å². The van der Waals surface area contributed by atoms with E-state index >= 15 is 0 Å². The predicted molar refractivity (Wildman–Crippen MR) is 85.9 cm³/mol. The molecule has 4 nitrogen and oxygen atoms in total. The van der Waals surface area contributed by atoms with E-state index in [1.807, 2.05) is 33.0 Å². The molecule has 1 unspecified atom stereocenters. The van der Waals surface area contributed by atoms with Gasteiger partial charge in [-0.25, -0.2) is 8.42 Å². The van der Waals surface area contributed by atoms with E-state index in [4.69, 9.17) is 0 Å². The van der Waals surface area contributed by atoms with Gasteiger partial charge in [0.25, 0.3) is 0 Å². The van der Waals surface area contributed by atoms with Crippen molar-refractivity contribution < 1.29 is 8.42 Å². The Kier molecular flexibility index (Phi) is 5.07. The molecule has 1 atom stereocenters. The van der Waals surface area contributed by atoms with E-state index in [9.17, 15) is 8.42 Å². The fourth-order valence-corrected chi connectivity index (χ4v) is 4.76. The average Bonchev–Trinajstić information content (AvgIpc) is 2.46. The van der Waals surface area contributed by atoms with Crippen molar-refractivity contribution in [3.8, 4) is 0 Å². The van der Waals surface area contributed by atoms with Crippen LogP contribution in [0.1, 0.15) is 30.9 Å². The van der Waals surface area contributed by atoms with E-state index in [-0.39, 0.29) is 0 Å². The number of rotatable bonds is 4. The lowest BCUT2D eigenvalue weighted by Gasteiger charge is -2.34. The molecule has 21 heavy (non-hydrogen) atoms. The van der Waals surface area contributed by atoms with Crippen molar-refractivity contribution in [2.75, 3.05) is 20.1 Å². The maximum Gasteiger partial charge on any atom is 0.243 e. The first-order valence-electron chi connectivity index (χ1n) is 7.61. The molecule has 1 N–H and O–H groups in total. The molecule has 1 aromatic carbocycles. The minimum atomic E-state index is -3.35. The highest BCUT2D eigenvalue weighted by Crippen LogP contribution is 2.27. The topological polar surface area (TPSA) is 49.4 Å². The second-order valence-electron chi connectivity index (χ2n) is 6.09. The normalized spacial score (nSPS) is 19.6. The number of hydrogen-bond acceptors (Lipinski definition) is 3. The van der Waals surface area contributed by atoms with Crippen LogP contribution < -0.4 is 5.32 Å². The Morgan fingerprint density at radius 2 is 1.86 bits per heavy atom. The van der Waals surface area contributed by atoms with Crippen molar-refractivity contribution in [2.24, 2.45) is 5.92 Å². The van der Waals surface area contributed by atoms with Gasteiger partial charge in [-0.2, -0.15) is 4.31 Å². The third-order valence-electron chi connectivity index (χ3n) is 4.61. The van der Waals surface area contributed by atoms with Gasteiger partial charge < -0.3 is 5.32 Å². The maximum absolute atomic E-state index is 12.8. The Hall–Kier alpha value is -0.910. The van der Waals surface area contributed by atoms with Crippen LogP contribution >= 0.6 is 0 Å². The fourth-order valence-electron chi connectivity index (χ4n) is 3.08. The molecule has 5 heteroatoms. The van der Waals surface area contributed by atoms with Gasteiger partial charge in [0.2, 0.25) is 10.0 Å². The number of hydrogen-bond donors (Lipinski definition) is 1. The summed E-state index contributed by atoms with van der Waals surface area (Å²) >= 11 is 0. The molecule has 0 spiro atoms. The second kappa shape index (κ2) is 6.46. The monoisotopic (exact) mass is 310 g/mol. The van der Waals surface area contributed by atoms with Crippen molar-refractivity contribution in [1.82, 2.24) is 9.62 Å². The summed E-state index contributed by atoms with van der Waals surface area (Å²) in [7, 11) is -1.39. The van der Waals surface area contributed by atoms with Crippen LogP contribution in [0.2, 0.25) is 0 Å². The Morgan fingerprint density at radius 1 is 1.24 bits per heavy atom. The molecule has 1 fully saturated rings. The number of aryl methyl sites for hydroxylation is 2. The molecule has 0 radical (unpaired) electrons. The van der Waals surface area contributed by atoms with Crippen LogP contribution in [0.3, 0.4) is 0 Å². The quantitative estimate of drug-likeness (QED) is 0.928. The lowest BCUT2D eigenvalue weighted by atomic mass is 9.91. The molecule has 2 rings (SSSR count). The van der Waals surface area contributed by atoms with Gasteiger partial charge in [-0.3, -0.25) is 0 Å². The standard InChI is InChI=1S/C16H26N2O2S/c1-12-5-6-16(13(2)11-12)21(19,20)18-9-7-15(8-10-18)14(3)17-4/h5-6,11,14-15,17H,7-10H2,1-4H3. The zero-order valence-corrected chi connectivity index (χ0v) is 14.2. The van der Waals surface area contributed by atoms with Gasteiger partial charge in [-0.05, 0) is 58.2 Å². The zero-order chi connectivity index (χ0) is 15.6. The second-order valence-corrected chi connectivity index (χ2v) is 7.99. The average molecular weight is 310 g/mol. The first-order valence-corrected chi connectivity index (χ1v) is 9.05. The van der Waals surface area contributed by atoms with Crippen molar-refractivity contribution >= 4 is 10.0 Å². The van der Waals surface area contributed by atoms with Gasteiger partial charge in [0.05, 0.1) is 4.90 Å². The molecule has 0 saturated carbocycles. The van der Waals surface area contributed by atoms with Crippen LogP contribution in [0.5, 0.6) is 0 Å². The first-order chi connectivity index (χ1) is 9.86. The predicted octanol–water partition coefficient (Wildman–Crippen LogP) is 2.31. The van der Waals surface area contributed by atoms with E-state index in [2.05, 4.69) is 12.2 Å². The molecule has 1 aromatic rings. The molecule has 0 bridgehead atoms. The Balaban J connectivity index is 2.15. The maximum atomic E-state index is 12.8. The third-order valence-corrected chi connectivity index (χ3v) is 6.67. The molecule has 1 saturated heterocycles. The molecule has 1 heterocycles. The van der Waals surface area contributed by atoms with Crippen molar-refractivity contribution in [3.63, 3.8) is 0 Å². The zero-order valence-electron chi connectivity index (χ0n) is 13.4. The number of nitrogens with zero attached hydrogens (tertiary/aromatic N) is 1. The highest BCUT2D eigenvalue weighted by atomic mass is 32.2. The van der Waals surface area contributed by atoms with Crippen LogP contribution in [0.15, 0.2) is 23.1 Å². The number of piperidine rings is 1. The van der Waals surface area contributed by atoms with E-state index in [1.54, 1.807) is 10.4 Å².